The SMILES string of the molecule is CC(C)C(C)(c1ccc(-c2cnc(N)nc2)cc1)c1noc(-c2ccc(N)nc2)n1.CC(C)C(C)(c1ccc(-c2cnc(N)nc2)cc1)c1noc(-c2ccccc2)n1.CC(C)C(C)(c1ccc(-c2cnc(N)nc2)cc1)c1noc(C2CCN(C)CC2)n1.COc1cncc(-c2ccc(C(C)(c3noc(-c4cnccn4)n3)C(C)C)cc2)c1. The molecule has 0 radical (unpaired) electrons. The number of piperidine rings is 1. The van der Waals surface area contributed by atoms with Gasteiger partial charge in [-0.25, -0.2) is 39.9 Å². The highest BCUT2D eigenvalue weighted by atomic mass is 16.5. The van der Waals surface area contributed by atoms with E-state index in [1.165, 1.54) is 0 Å². The molecule has 0 bridgehead atoms. The Hall–Kier alpha value is -13.8. The second-order valence-electron chi connectivity index (χ2n) is 31.6. The van der Waals surface area contributed by atoms with Crippen LogP contribution in [-0.2, 0) is 21.7 Å². The van der Waals surface area contributed by atoms with Gasteiger partial charge in [-0.3, -0.25) is 9.97 Å². The second-order valence-corrected chi connectivity index (χ2v) is 31.6. The fraction of sp³-hybridized carbons (Fsp3) is 0.297. The van der Waals surface area contributed by atoms with Crippen molar-refractivity contribution in [3.63, 3.8) is 0 Å². The molecule has 1 fully saturated rings. The summed E-state index contributed by atoms with van der Waals surface area (Å²) in [4.78, 5) is 62.4. The van der Waals surface area contributed by atoms with Crippen molar-refractivity contribution in [3.05, 3.63) is 271 Å². The van der Waals surface area contributed by atoms with Crippen molar-refractivity contribution in [1.29, 1.82) is 0 Å². The van der Waals surface area contributed by atoms with E-state index in [-0.39, 0.29) is 41.0 Å². The number of anilines is 4. The maximum absolute atomic E-state index is 5.75. The van der Waals surface area contributed by atoms with E-state index in [0.29, 0.717) is 58.5 Å². The fourth-order valence-electron chi connectivity index (χ4n) is 14.1. The summed E-state index contributed by atoms with van der Waals surface area (Å²) >= 11 is 0. The summed E-state index contributed by atoms with van der Waals surface area (Å²) in [6.45, 7) is 28.1. The van der Waals surface area contributed by atoms with E-state index < -0.39 is 16.2 Å². The molecule has 28 heteroatoms. The highest BCUT2D eigenvalue weighted by Crippen LogP contribution is 2.44. The first-order chi connectivity index (χ1) is 57.2. The van der Waals surface area contributed by atoms with Gasteiger partial charge in [0, 0.05) is 95.7 Å². The lowest BCUT2D eigenvalue weighted by molar-refractivity contribution is 0.226. The van der Waals surface area contributed by atoms with Crippen LogP contribution in [0.4, 0.5) is 23.7 Å². The quantitative estimate of drug-likeness (QED) is 0.0519. The molecule has 16 rings (SSSR count). The number of likely N-dealkylation sites (tertiary alicyclic amines) is 1. The first-order valence-electron chi connectivity index (χ1n) is 39.5. The second kappa shape index (κ2) is 36.2. The Morgan fingerprint density at radius 2 is 0.731 bits per heavy atom. The number of rotatable bonds is 21. The van der Waals surface area contributed by atoms with Crippen molar-refractivity contribution in [3.8, 4) is 84.8 Å². The van der Waals surface area contributed by atoms with Gasteiger partial charge in [-0.05, 0) is 159 Å². The van der Waals surface area contributed by atoms with E-state index in [1.54, 1.807) is 81.3 Å². The Balaban J connectivity index is 0.000000137. The third-order valence-electron chi connectivity index (χ3n) is 23.3. The number of hydrogen-bond donors (Lipinski definition) is 4. The van der Waals surface area contributed by atoms with Gasteiger partial charge in [0.15, 0.2) is 23.3 Å². The lowest BCUT2D eigenvalue weighted by Crippen LogP contribution is -2.32. The van der Waals surface area contributed by atoms with Gasteiger partial charge in [-0.15, -0.1) is 0 Å². The average molecular weight is 1590 g/mol. The monoisotopic (exact) mass is 1590 g/mol. The predicted molar refractivity (Wildman–Crippen MR) is 458 cm³/mol. The molecule has 608 valence electrons. The predicted octanol–water partition coefficient (Wildman–Crippen LogP) is 16.9. The maximum Gasteiger partial charge on any atom is 0.278 e. The maximum atomic E-state index is 5.75. The summed E-state index contributed by atoms with van der Waals surface area (Å²) in [5, 5.41) is 17.4. The fourth-order valence-corrected chi connectivity index (χ4v) is 14.1. The zero-order valence-electron chi connectivity index (χ0n) is 69.3. The van der Waals surface area contributed by atoms with Crippen molar-refractivity contribution >= 4 is 23.7 Å². The van der Waals surface area contributed by atoms with E-state index in [4.69, 9.17) is 55.7 Å². The number of hydrogen-bond acceptors (Lipinski definition) is 28. The number of nitrogens with zero attached hydrogens (tertiary/aromatic N) is 19. The molecule has 1 saturated heterocycles. The van der Waals surface area contributed by atoms with Crippen molar-refractivity contribution in [1.82, 2.24) is 95.3 Å². The molecule has 1 aliphatic rings. The molecule has 10 aromatic heterocycles. The Labute approximate surface area is 691 Å². The van der Waals surface area contributed by atoms with Crippen molar-refractivity contribution in [2.75, 3.05) is 50.2 Å². The van der Waals surface area contributed by atoms with Crippen LogP contribution in [0.5, 0.6) is 5.75 Å². The summed E-state index contributed by atoms with van der Waals surface area (Å²) in [6, 6.07) is 48.7. The summed E-state index contributed by atoms with van der Waals surface area (Å²) in [6.07, 6.45) is 22.5. The van der Waals surface area contributed by atoms with Crippen molar-refractivity contribution in [2.45, 2.75) is 124 Å². The molecule has 0 amide bonds. The molecule has 15 aromatic rings. The van der Waals surface area contributed by atoms with E-state index in [1.807, 2.05) is 60.8 Å². The van der Waals surface area contributed by atoms with Gasteiger partial charge in [0.1, 0.15) is 17.3 Å². The Morgan fingerprint density at radius 1 is 0.361 bits per heavy atom. The van der Waals surface area contributed by atoms with Crippen molar-refractivity contribution < 1.29 is 22.8 Å². The number of pyridine rings is 2. The van der Waals surface area contributed by atoms with Gasteiger partial charge in [0.25, 0.3) is 17.7 Å². The van der Waals surface area contributed by atoms with Gasteiger partial charge in [-0.2, -0.15) is 19.9 Å². The van der Waals surface area contributed by atoms with Crippen LogP contribution in [0.2, 0.25) is 0 Å². The number of benzene rings is 5. The zero-order valence-corrected chi connectivity index (χ0v) is 69.3. The number of ether oxygens (including phenoxy) is 1. The number of nitrogen functional groups attached to an aromatic ring is 4. The standard InChI is InChI=1S/C23H30N6O.C23H23N5O2.C23H23N5O.C22H23N7O/c1-15(2)23(3,21-27-20(30-28-21)17-9-11-29(4)12-10-17)19-7-5-16(6-8-19)18-13-25-22(24)26-14-18;1-15(2)23(3,22-27-21(30-28-22)20-14-24-9-10-26-20)18-7-5-16(6-8-18)17-11-19(29-4)13-25-12-17;1-15(2)23(3,21-27-20(29-28-21)17-7-5-4-6-8-17)19-11-9-16(10-12-19)18-13-25-22(24)26-14-18;1-13(2)22(3,20-28-19(30-29-20)15-6-9-18(23)25-10-15)17-7-4-14(5-8-17)16-11-26-21(24)27-12-16/h5-8,13-15,17H,9-12H2,1-4H3,(H2,24,25,26);5-15H,1-4H3;4-15H,1-3H3,(H2,24,25,26);4-13H,1-3H3,(H2,23,25)(H2,24,26,27). The average Bonchev–Trinajstić information content (AvgIpc) is 1.71. The number of aromatic nitrogens is 18. The molecule has 8 N–H and O–H groups in total. The molecule has 1 aliphatic heterocycles. The molecule has 0 saturated carbocycles. The normalized spacial score (nSPS) is 14.5. The Bertz CT molecular complexity index is 5750. The van der Waals surface area contributed by atoms with Crippen LogP contribution in [0.3, 0.4) is 0 Å². The van der Waals surface area contributed by atoms with Gasteiger partial charge >= 0.3 is 0 Å². The summed E-state index contributed by atoms with van der Waals surface area (Å²) in [5.41, 5.74) is 35.4. The van der Waals surface area contributed by atoms with E-state index in [0.717, 1.165) is 121 Å². The molecule has 11 heterocycles. The largest absolute Gasteiger partial charge is 0.495 e. The summed E-state index contributed by atoms with van der Waals surface area (Å²) in [7, 11) is 3.80. The van der Waals surface area contributed by atoms with E-state index in [9.17, 15) is 0 Å². The molecule has 4 atom stereocenters. The molecule has 0 aliphatic carbocycles. The Morgan fingerprint density at radius 3 is 1.12 bits per heavy atom. The Kier molecular flexibility index (Phi) is 25.3. The first kappa shape index (κ1) is 83.2. The third kappa shape index (κ3) is 18.3. The minimum Gasteiger partial charge on any atom is -0.495 e. The molecular weight excluding hydrogens is 1500 g/mol. The molecule has 119 heavy (non-hydrogen) atoms. The van der Waals surface area contributed by atoms with Crippen LogP contribution in [0.25, 0.3) is 79.0 Å². The number of methoxy groups -OCH3 is 1. The summed E-state index contributed by atoms with van der Waals surface area (Å²) < 4.78 is 27.7. The minimum absolute atomic E-state index is 0.221. The lowest BCUT2D eigenvalue weighted by atomic mass is 9.72. The topological polar surface area (TPSA) is 401 Å². The van der Waals surface area contributed by atoms with Crippen LogP contribution in [-0.4, -0.2) is 123 Å². The summed E-state index contributed by atoms with van der Waals surface area (Å²) in [5.74, 6) is 8.10. The van der Waals surface area contributed by atoms with E-state index in [2.05, 4.69) is 260 Å². The first-order valence-corrected chi connectivity index (χ1v) is 39.5. The molecule has 5 aromatic carbocycles. The van der Waals surface area contributed by atoms with Crippen LogP contribution in [0, 0.1) is 23.7 Å². The van der Waals surface area contributed by atoms with Crippen LogP contribution >= 0.6 is 0 Å². The molecule has 4 unspecified atom stereocenters. The van der Waals surface area contributed by atoms with Crippen LogP contribution in [0.15, 0.2) is 238 Å². The van der Waals surface area contributed by atoms with Gasteiger partial charge in [0.2, 0.25) is 23.7 Å². The molecule has 28 nitrogen and oxygen atoms in total. The minimum atomic E-state index is -0.445. The van der Waals surface area contributed by atoms with Gasteiger partial charge in [-0.1, -0.05) is 191 Å². The molecule has 0 spiro atoms. The van der Waals surface area contributed by atoms with Gasteiger partial charge < -0.3 is 50.7 Å². The van der Waals surface area contributed by atoms with Crippen LogP contribution < -0.4 is 27.7 Å². The number of nitrogens with two attached hydrogens (primary N) is 4. The van der Waals surface area contributed by atoms with Gasteiger partial charge in [0.05, 0.1) is 46.7 Å². The van der Waals surface area contributed by atoms with Crippen LogP contribution in [0.1, 0.15) is 153 Å². The zero-order chi connectivity index (χ0) is 84.2. The highest BCUT2D eigenvalue weighted by molar-refractivity contribution is 5.67. The third-order valence-corrected chi connectivity index (χ3v) is 23.3. The highest BCUT2D eigenvalue weighted by Gasteiger charge is 2.42. The molecular formula is C91H99N23O5. The van der Waals surface area contributed by atoms with E-state index >= 15 is 0 Å². The van der Waals surface area contributed by atoms with Crippen molar-refractivity contribution in [2.24, 2.45) is 23.7 Å². The smallest absolute Gasteiger partial charge is 0.278 e. The lowest BCUT2D eigenvalue weighted by Gasteiger charge is -2.31.